The number of nitrogen functional groups attached to an aromatic ring is 1. The third kappa shape index (κ3) is 2.82. The van der Waals surface area contributed by atoms with E-state index in [1.165, 1.54) is 0 Å². The minimum absolute atomic E-state index is 0.0372. The second-order valence-corrected chi connectivity index (χ2v) is 4.97. The zero-order valence-corrected chi connectivity index (χ0v) is 10.9. The van der Waals surface area contributed by atoms with Crippen molar-refractivity contribution in [1.29, 1.82) is 0 Å². The van der Waals surface area contributed by atoms with E-state index in [0.29, 0.717) is 19.7 Å². The van der Waals surface area contributed by atoms with Crippen LogP contribution in [0.3, 0.4) is 0 Å². The molecule has 18 heavy (non-hydrogen) atoms. The first-order valence-electron chi connectivity index (χ1n) is 6.33. The van der Waals surface area contributed by atoms with Gasteiger partial charge >= 0.3 is 0 Å². The number of morpholine rings is 1. The van der Waals surface area contributed by atoms with Crippen LogP contribution in [0.4, 0.5) is 5.69 Å². The monoisotopic (exact) mass is 248 g/mol. The van der Waals surface area contributed by atoms with Crippen molar-refractivity contribution in [3.05, 3.63) is 29.8 Å². The number of hydrogen-bond donors (Lipinski definition) is 1. The summed E-state index contributed by atoms with van der Waals surface area (Å²) in [6.45, 7) is 5.75. The largest absolute Gasteiger partial charge is 0.399 e. The quantitative estimate of drug-likeness (QED) is 0.812. The highest BCUT2D eigenvalue weighted by molar-refractivity contribution is 5.78. The Labute approximate surface area is 108 Å². The van der Waals surface area contributed by atoms with E-state index in [2.05, 4.69) is 0 Å². The Hall–Kier alpha value is -1.55. The number of carbonyl (C=O) groups excluding carboxylic acids is 1. The van der Waals surface area contributed by atoms with Gasteiger partial charge in [-0.2, -0.15) is 0 Å². The van der Waals surface area contributed by atoms with Gasteiger partial charge in [0.05, 0.1) is 13.2 Å². The maximum absolute atomic E-state index is 12.0. The molecular formula is C14H20N2O2. The average molecular weight is 248 g/mol. The normalized spacial score (nSPS) is 20.2. The Bertz CT molecular complexity index is 414. The van der Waals surface area contributed by atoms with E-state index in [0.717, 1.165) is 11.3 Å². The fourth-order valence-electron chi connectivity index (χ4n) is 2.13. The van der Waals surface area contributed by atoms with Crippen molar-refractivity contribution >= 4 is 11.6 Å². The number of amides is 1. The van der Waals surface area contributed by atoms with Crippen LogP contribution >= 0.6 is 0 Å². The molecule has 1 aliphatic rings. The van der Waals surface area contributed by atoms with E-state index in [1.54, 1.807) is 0 Å². The van der Waals surface area contributed by atoms with Crippen molar-refractivity contribution in [2.75, 3.05) is 25.4 Å². The van der Waals surface area contributed by atoms with Gasteiger partial charge in [0.1, 0.15) is 6.10 Å². The Kier molecular flexibility index (Phi) is 3.87. The smallest absolute Gasteiger partial charge is 0.225 e. The molecule has 1 aliphatic heterocycles. The Balaban J connectivity index is 2.07. The van der Waals surface area contributed by atoms with Gasteiger partial charge in [0.2, 0.25) is 5.91 Å². The summed E-state index contributed by atoms with van der Waals surface area (Å²) >= 11 is 0. The number of ether oxygens (including phenoxy) is 1. The van der Waals surface area contributed by atoms with Gasteiger partial charge in [-0.3, -0.25) is 4.79 Å². The van der Waals surface area contributed by atoms with Crippen molar-refractivity contribution in [2.24, 2.45) is 5.92 Å². The maximum atomic E-state index is 12.0. The second kappa shape index (κ2) is 5.40. The molecule has 1 heterocycles. The van der Waals surface area contributed by atoms with Gasteiger partial charge in [-0.1, -0.05) is 26.0 Å². The lowest BCUT2D eigenvalue weighted by molar-refractivity contribution is -0.142. The van der Waals surface area contributed by atoms with E-state index >= 15 is 0 Å². The number of nitrogens with two attached hydrogens (primary N) is 1. The maximum Gasteiger partial charge on any atom is 0.225 e. The van der Waals surface area contributed by atoms with Gasteiger partial charge in [0.15, 0.2) is 0 Å². The fraction of sp³-hybridized carbons (Fsp3) is 0.500. The molecule has 4 heteroatoms. The summed E-state index contributed by atoms with van der Waals surface area (Å²) in [5.41, 5.74) is 7.48. The molecule has 0 spiro atoms. The summed E-state index contributed by atoms with van der Waals surface area (Å²) in [5.74, 6) is 0.230. The molecule has 1 fully saturated rings. The van der Waals surface area contributed by atoms with Crippen molar-refractivity contribution < 1.29 is 9.53 Å². The molecule has 4 nitrogen and oxygen atoms in total. The van der Waals surface area contributed by atoms with Crippen LogP contribution in [0.2, 0.25) is 0 Å². The number of rotatable bonds is 2. The molecule has 0 aromatic heterocycles. The van der Waals surface area contributed by atoms with Crippen molar-refractivity contribution in [2.45, 2.75) is 20.0 Å². The van der Waals surface area contributed by atoms with Crippen LogP contribution in [0.1, 0.15) is 25.5 Å². The Morgan fingerprint density at radius 2 is 2.06 bits per heavy atom. The number of anilines is 1. The Morgan fingerprint density at radius 1 is 1.39 bits per heavy atom. The first-order chi connectivity index (χ1) is 8.58. The minimum Gasteiger partial charge on any atom is -0.399 e. The third-order valence-corrected chi connectivity index (χ3v) is 3.18. The van der Waals surface area contributed by atoms with Crippen LogP contribution in [-0.4, -0.2) is 30.5 Å². The predicted octanol–water partition coefficient (Wildman–Crippen LogP) is 1.82. The van der Waals surface area contributed by atoms with Crippen molar-refractivity contribution in [3.8, 4) is 0 Å². The van der Waals surface area contributed by atoms with E-state index < -0.39 is 0 Å². The van der Waals surface area contributed by atoms with E-state index in [4.69, 9.17) is 10.5 Å². The lowest BCUT2D eigenvalue weighted by atomic mass is 10.1. The second-order valence-electron chi connectivity index (χ2n) is 4.97. The lowest BCUT2D eigenvalue weighted by Crippen LogP contribution is -2.44. The van der Waals surface area contributed by atoms with E-state index in [1.807, 2.05) is 43.0 Å². The van der Waals surface area contributed by atoms with Crippen LogP contribution in [-0.2, 0) is 9.53 Å². The molecule has 1 amide bonds. The highest BCUT2D eigenvalue weighted by atomic mass is 16.5. The molecule has 2 rings (SSSR count). The van der Waals surface area contributed by atoms with Gasteiger partial charge in [-0.05, 0) is 17.7 Å². The molecular weight excluding hydrogens is 228 g/mol. The molecule has 1 aromatic carbocycles. The van der Waals surface area contributed by atoms with Crippen LogP contribution < -0.4 is 5.73 Å². The number of benzene rings is 1. The van der Waals surface area contributed by atoms with Crippen molar-refractivity contribution in [3.63, 3.8) is 0 Å². The summed E-state index contributed by atoms with van der Waals surface area (Å²) in [6, 6.07) is 7.65. The highest BCUT2D eigenvalue weighted by Crippen LogP contribution is 2.23. The predicted molar refractivity (Wildman–Crippen MR) is 71.0 cm³/mol. The van der Waals surface area contributed by atoms with Gasteiger partial charge in [0, 0.05) is 18.2 Å². The van der Waals surface area contributed by atoms with Gasteiger partial charge in [-0.15, -0.1) is 0 Å². The summed E-state index contributed by atoms with van der Waals surface area (Å²) < 4.78 is 5.73. The molecule has 1 saturated heterocycles. The Morgan fingerprint density at radius 3 is 2.67 bits per heavy atom. The molecule has 0 saturated carbocycles. The lowest BCUT2D eigenvalue weighted by Gasteiger charge is -2.34. The summed E-state index contributed by atoms with van der Waals surface area (Å²) in [4.78, 5) is 13.9. The molecule has 1 aromatic rings. The molecule has 0 aliphatic carbocycles. The highest BCUT2D eigenvalue weighted by Gasteiger charge is 2.26. The van der Waals surface area contributed by atoms with Crippen molar-refractivity contribution in [1.82, 2.24) is 4.90 Å². The fourth-order valence-corrected chi connectivity index (χ4v) is 2.13. The van der Waals surface area contributed by atoms with Crippen LogP contribution in [0.25, 0.3) is 0 Å². The molecule has 0 radical (unpaired) electrons. The SMILES string of the molecule is CC(C)C(=O)N1CCOC(c2ccc(N)cc2)C1. The molecule has 1 unspecified atom stereocenters. The topological polar surface area (TPSA) is 55.6 Å². The van der Waals surface area contributed by atoms with Crippen LogP contribution in [0.15, 0.2) is 24.3 Å². The van der Waals surface area contributed by atoms with Crippen LogP contribution in [0.5, 0.6) is 0 Å². The van der Waals surface area contributed by atoms with E-state index in [9.17, 15) is 4.79 Å². The van der Waals surface area contributed by atoms with Gasteiger partial charge in [-0.25, -0.2) is 0 Å². The molecule has 1 atom stereocenters. The zero-order chi connectivity index (χ0) is 13.1. The molecule has 2 N–H and O–H groups in total. The number of nitrogens with zero attached hydrogens (tertiary/aromatic N) is 1. The molecule has 0 bridgehead atoms. The standard InChI is InChI=1S/C14H20N2O2/c1-10(2)14(17)16-7-8-18-13(9-16)11-3-5-12(15)6-4-11/h3-6,10,13H,7-9,15H2,1-2H3. The van der Waals surface area contributed by atoms with Gasteiger partial charge in [0.25, 0.3) is 0 Å². The summed E-state index contributed by atoms with van der Waals surface area (Å²) in [5, 5.41) is 0. The number of carbonyl (C=O) groups is 1. The zero-order valence-electron chi connectivity index (χ0n) is 10.9. The summed E-state index contributed by atoms with van der Waals surface area (Å²) in [7, 11) is 0. The molecule has 98 valence electrons. The summed E-state index contributed by atoms with van der Waals surface area (Å²) in [6.07, 6.45) is -0.0398. The van der Waals surface area contributed by atoms with E-state index in [-0.39, 0.29) is 17.9 Å². The minimum atomic E-state index is -0.0398. The first kappa shape index (κ1) is 12.9. The van der Waals surface area contributed by atoms with Crippen LogP contribution in [0, 0.1) is 5.92 Å². The van der Waals surface area contributed by atoms with Gasteiger partial charge < -0.3 is 15.4 Å². The third-order valence-electron chi connectivity index (χ3n) is 3.18. The average Bonchev–Trinajstić information content (AvgIpc) is 2.38. The first-order valence-corrected chi connectivity index (χ1v) is 6.33. The number of hydrogen-bond acceptors (Lipinski definition) is 3.